The van der Waals surface area contributed by atoms with E-state index in [1.165, 1.54) is 5.56 Å². The van der Waals surface area contributed by atoms with E-state index in [1.807, 2.05) is 84.9 Å². The molecule has 3 aromatic heterocycles. The maximum atomic E-state index is 6.70. The highest BCUT2D eigenvalue weighted by molar-refractivity contribution is 6.11. The van der Waals surface area contributed by atoms with E-state index in [9.17, 15) is 0 Å². The largest absolute Gasteiger partial charge is 0.456 e. The van der Waals surface area contributed by atoms with E-state index in [0.717, 1.165) is 83.2 Å². The Kier molecular flexibility index (Phi) is 7.71. The van der Waals surface area contributed by atoms with Gasteiger partial charge in [-0.2, -0.15) is 0 Å². The predicted octanol–water partition coefficient (Wildman–Crippen LogP) is 13.8. The molecule has 8 aromatic carbocycles. The number of para-hydroxylation sites is 2. The summed E-state index contributed by atoms with van der Waals surface area (Å²) in [6.07, 6.45) is 0. The molecular formula is C51H32N4O2. The predicted molar refractivity (Wildman–Crippen MR) is 231 cm³/mol. The summed E-state index contributed by atoms with van der Waals surface area (Å²) >= 11 is 0. The van der Waals surface area contributed by atoms with Gasteiger partial charge < -0.3 is 13.7 Å². The van der Waals surface area contributed by atoms with Crippen molar-refractivity contribution in [1.82, 2.24) is 15.0 Å². The average Bonchev–Trinajstić information content (AvgIpc) is 3.86. The molecule has 0 fully saturated rings. The van der Waals surface area contributed by atoms with Gasteiger partial charge in [-0.25, -0.2) is 15.0 Å². The lowest BCUT2D eigenvalue weighted by Crippen LogP contribution is -2.10. The van der Waals surface area contributed by atoms with Crippen LogP contribution in [0.2, 0.25) is 0 Å². The molecule has 0 unspecified atom stereocenters. The Bertz CT molecular complexity index is 3170. The summed E-state index contributed by atoms with van der Waals surface area (Å²) < 4.78 is 13.3. The number of nitrogens with zero attached hydrogens (tertiary/aromatic N) is 4. The molecule has 0 radical (unpaired) electrons. The lowest BCUT2D eigenvalue weighted by atomic mass is 10.0. The first-order valence-electron chi connectivity index (χ1n) is 18.9. The van der Waals surface area contributed by atoms with Gasteiger partial charge in [0.05, 0.1) is 11.4 Å². The second-order valence-corrected chi connectivity index (χ2v) is 14.0. The molecule has 0 aliphatic carbocycles. The lowest BCUT2D eigenvalue weighted by Gasteiger charge is -2.25. The standard InChI is InChI=1S/C51H32N4O2/c1-4-13-33(14-5-1)34-23-26-38(27-24-34)55(44-21-12-20-43-40-19-10-11-22-45(40)57-48(43)44)39-28-30-42-41-29-25-37(31-46(41)56-47(42)32-39)51-53-49(35-15-6-2-7-16-35)52-50(54-51)36-17-8-3-9-18-36/h1-32H. The van der Waals surface area contributed by atoms with Crippen LogP contribution in [-0.4, -0.2) is 15.0 Å². The van der Waals surface area contributed by atoms with E-state index < -0.39 is 0 Å². The van der Waals surface area contributed by atoms with E-state index in [4.69, 9.17) is 23.8 Å². The molecule has 0 atom stereocenters. The van der Waals surface area contributed by atoms with Crippen molar-refractivity contribution in [2.24, 2.45) is 0 Å². The fourth-order valence-electron chi connectivity index (χ4n) is 7.75. The summed E-state index contributed by atoms with van der Waals surface area (Å²) in [5.74, 6) is 1.81. The first-order valence-corrected chi connectivity index (χ1v) is 18.9. The van der Waals surface area contributed by atoms with Crippen molar-refractivity contribution in [2.75, 3.05) is 4.90 Å². The zero-order valence-electron chi connectivity index (χ0n) is 30.6. The fourth-order valence-corrected chi connectivity index (χ4v) is 7.75. The Morgan fingerprint density at radius 1 is 0.316 bits per heavy atom. The molecule has 0 bridgehead atoms. The highest BCUT2D eigenvalue weighted by atomic mass is 16.3. The molecule has 0 spiro atoms. The molecule has 0 aliphatic heterocycles. The molecule has 11 rings (SSSR count). The first-order chi connectivity index (χ1) is 28.2. The number of benzene rings is 8. The molecule has 0 N–H and O–H groups in total. The van der Waals surface area contributed by atoms with Gasteiger partial charge in [0.15, 0.2) is 23.1 Å². The van der Waals surface area contributed by atoms with Gasteiger partial charge in [-0.15, -0.1) is 0 Å². The van der Waals surface area contributed by atoms with Crippen molar-refractivity contribution in [1.29, 1.82) is 0 Å². The summed E-state index contributed by atoms with van der Waals surface area (Å²) in [6, 6.07) is 66.3. The maximum absolute atomic E-state index is 6.70. The molecule has 0 amide bonds. The van der Waals surface area contributed by atoms with Gasteiger partial charge in [-0.05, 0) is 59.7 Å². The number of aromatic nitrogens is 3. The van der Waals surface area contributed by atoms with Crippen LogP contribution in [0.4, 0.5) is 17.1 Å². The smallest absolute Gasteiger partial charge is 0.164 e. The first kappa shape index (κ1) is 32.6. The number of hydrogen-bond acceptors (Lipinski definition) is 6. The molecule has 6 heteroatoms. The van der Waals surface area contributed by atoms with Gasteiger partial charge in [0, 0.05) is 50.0 Å². The van der Waals surface area contributed by atoms with Crippen LogP contribution in [0.5, 0.6) is 0 Å². The topological polar surface area (TPSA) is 68.2 Å². The normalized spacial score (nSPS) is 11.5. The SMILES string of the molecule is c1ccc(-c2ccc(N(c3ccc4c(c3)oc3cc(-c5nc(-c6ccccc6)nc(-c6ccccc6)n5)ccc34)c3cccc4c3oc3ccccc34)cc2)cc1. The van der Waals surface area contributed by atoms with Crippen molar-refractivity contribution in [2.45, 2.75) is 0 Å². The van der Waals surface area contributed by atoms with E-state index in [-0.39, 0.29) is 0 Å². The molecule has 3 heterocycles. The third-order valence-corrected chi connectivity index (χ3v) is 10.5. The minimum Gasteiger partial charge on any atom is -0.456 e. The maximum Gasteiger partial charge on any atom is 0.164 e. The molecule has 0 saturated heterocycles. The van der Waals surface area contributed by atoms with Crippen molar-refractivity contribution < 1.29 is 8.83 Å². The van der Waals surface area contributed by atoms with Crippen LogP contribution in [-0.2, 0) is 0 Å². The van der Waals surface area contributed by atoms with Gasteiger partial charge in [0.2, 0.25) is 0 Å². The van der Waals surface area contributed by atoms with Gasteiger partial charge in [0.25, 0.3) is 0 Å². The van der Waals surface area contributed by atoms with Crippen molar-refractivity contribution >= 4 is 60.9 Å². The van der Waals surface area contributed by atoms with Crippen molar-refractivity contribution in [3.05, 3.63) is 194 Å². The third-order valence-electron chi connectivity index (χ3n) is 10.5. The molecule has 268 valence electrons. The van der Waals surface area contributed by atoms with Crippen LogP contribution in [0.25, 0.3) is 89.2 Å². The zero-order chi connectivity index (χ0) is 37.7. The Balaban J connectivity index is 1.04. The number of furan rings is 2. The molecule has 6 nitrogen and oxygen atoms in total. The summed E-state index contributed by atoms with van der Waals surface area (Å²) in [5, 5.41) is 4.18. The quantitative estimate of drug-likeness (QED) is 0.162. The third kappa shape index (κ3) is 5.79. The fraction of sp³-hybridized carbons (Fsp3) is 0. The number of fused-ring (bicyclic) bond motifs is 6. The van der Waals surface area contributed by atoms with Crippen molar-refractivity contribution in [3.63, 3.8) is 0 Å². The van der Waals surface area contributed by atoms with Crippen LogP contribution < -0.4 is 4.90 Å². The van der Waals surface area contributed by atoms with E-state index in [0.29, 0.717) is 17.5 Å². The van der Waals surface area contributed by atoms with Gasteiger partial charge in [-0.3, -0.25) is 0 Å². The Labute approximate surface area is 328 Å². The summed E-state index contributed by atoms with van der Waals surface area (Å²) in [4.78, 5) is 17.0. The van der Waals surface area contributed by atoms with Crippen molar-refractivity contribution in [3.8, 4) is 45.3 Å². The zero-order valence-corrected chi connectivity index (χ0v) is 30.6. The molecule has 0 saturated carbocycles. The Morgan fingerprint density at radius 2 is 0.807 bits per heavy atom. The van der Waals surface area contributed by atoms with Crippen LogP contribution in [0, 0.1) is 0 Å². The minimum absolute atomic E-state index is 0.579. The second-order valence-electron chi connectivity index (χ2n) is 14.0. The van der Waals surface area contributed by atoms with Gasteiger partial charge in [0.1, 0.15) is 16.7 Å². The second kappa shape index (κ2) is 13.5. The minimum atomic E-state index is 0.579. The summed E-state index contributed by atoms with van der Waals surface area (Å²) in [5.41, 5.74) is 11.1. The van der Waals surface area contributed by atoms with Crippen LogP contribution in [0.3, 0.4) is 0 Å². The molecule has 0 aliphatic rings. The summed E-state index contributed by atoms with van der Waals surface area (Å²) in [7, 11) is 0. The van der Waals surface area contributed by atoms with Crippen LogP contribution in [0.15, 0.2) is 203 Å². The van der Waals surface area contributed by atoms with Crippen LogP contribution >= 0.6 is 0 Å². The van der Waals surface area contributed by atoms with Gasteiger partial charge >= 0.3 is 0 Å². The summed E-state index contributed by atoms with van der Waals surface area (Å²) in [6.45, 7) is 0. The molecule has 57 heavy (non-hydrogen) atoms. The van der Waals surface area contributed by atoms with E-state index in [2.05, 4.69) is 114 Å². The van der Waals surface area contributed by atoms with Gasteiger partial charge in [-0.1, -0.05) is 140 Å². The highest BCUT2D eigenvalue weighted by Gasteiger charge is 2.21. The van der Waals surface area contributed by atoms with E-state index >= 15 is 0 Å². The number of anilines is 3. The Morgan fingerprint density at radius 3 is 1.49 bits per heavy atom. The molecule has 11 aromatic rings. The average molecular weight is 733 g/mol. The Hall–Kier alpha value is -7.83. The van der Waals surface area contributed by atoms with Crippen LogP contribution in [0.1, 0.15) is 0 Å². The number of hydrogen-bond donors (Lipinski definition) is 0. The monoisotopic (exact) mass is 732 g/mol. The lowest BCUT2D eigenvalue weighted by molar-refractivity contribution is 0.667. The molecular weight excluding hydrogens is 701 g/mol. The van der Waals surface area contributed by atoms with E-state index in [1.54, 1.807) is 0 Å². The highest BCUT2D eigenvalue weighted by Crippen LogP contribution is 2.44. The number of rotatable bonds is 7.